The van der Waals surface area contributed by atoms with E-state index < -0.39 is 6.04 Å². The molecule has 174 valence electrons. The van der Waals surface area contributed by atoms with Gasteiger partial charge in [-0.05, 0) is 46.4 Å². The van der Waals surface area contributed by atoms with E-state index in [0.29, 0.717) is 18.8 Å². The van der Waals surface area contributed by atoms with E-state index >= 15 is 0 Å². The van der Waals surface area contributed by atoms with E-state index in [9.17, 15) is 9.59 Å². The summed E-state index contributed by atoms with van der Waals surface area (Å²) in [7, 11) is 1.82. The summed E-state index contributed by atoms with van der Waals surface area (Å²) in [6.45, 7) is 8.05. The molecule has 0 radical (unpaired) electrons. The van der Waals surface area contributed by atoms with Crippen molar-refractivity contribution < 1.29 is 9.59 Å². The maximum atomic E-state index is 13.0. The van der Waals surface area contributed by atoms with Crippen LogP contribution in [-0.2, 0) is 23.2 Å². The van der Waals surface area contributed by atoms with E-state index in [4.69, 9.17) is 0 Å². The van der Waals surface area contributed by atoms with Crippen LogP contribution in [0.5, 0.6) is 0 Å². The molecule has 3 aromatic rings. The molecule has 7 heteroatoms. The van der Waals surface area contributed by atoms with Crippen LogP contribution in [0.15, 0.2) is 48.5 Å². The molecule has 0 bridgehead atoms. The zero-order valence-corrected chi connectivity index (χ0v) is 20.2. The lowest BCUT2D eigenvalue weighted by atomic mass is 9.96. The lowest BCUT2D eigenvalue weighted by Crippen LogP contribution is -2.46. The number of carbonyl (C=O) groups is 2. The van der Waals surface area contributed by atoms with E-state index in [1.54, 1.807) is 16.5 Å². The fraction of sp³-hybridized carbons (Fsp3) is 0.423. The quantitative estimate of drug-likeness (QED) is 0.451. The van der Waals surface area contributed by atoms with Crippen molar-refractivity contribution in [3.8, 4) is 22.5 Å². The van der Waals surface area contributed by atoms with Gasteiger partial charge in [-0.2, -0.15) is 0 Å². The van der Waals surface area contributed by atoms with Crippen molar-refractivity contribution in [2.75, 3.05) is 0 Å². The zero-order chi connectivity index (χ0) is 24.0. The second-order valence-electron chi connectivity index (χ2n) is 8.79. The molecule has 1 heterocycles. The number of aromatic nitrogens is 4. The molecule has 0 unspecified atom stereocenters. The van der Waals surface area contributed by atoms with Crippen LogP contribution >= 0.6 is 0 Å². The third-order valence-corrected chi connectivity index (χ3v) is 5.85. The molecule has 1 atom stereocenters. The highest BCUT2D eigenvalue weighted by Crippen LogP contribution is 2.30. The number of tetrazole rings is 1. The molecule has 3 rings (SSSR count). The van der Waals surface area contributed by atoms with Gasteiger partial charge in [0, 0.05) is 25.6 Å². The van der Waals surface area contributed by atoms with E-state index in [1.807, 2.05) is 69.4 Å². The van der Waals surface area contributed by atoms with E-state index in [-0.39, 0.29) is 17.6 Å². The smallest absolute Gasteiger partial charge is 0.223 e. The van der Waals surface area contributed by atoms with Crippen LogP contribution in [0.1, 0.15) is 52.5 Å². The van der Waals surface area contributed by atoms with Crippen LogP contribution in [0.3, 0.4) is 0 Å². The van der Waals surface area contributed by atoms with Crippen molar-refractivity contribution in [1.29, 1.82) is 0 Å². The molecule has 33 heavy (non-hydrogen) atoms. The van der Waals surface area contributed by atoms with Gasteiger partial charge in [0.2, 0.25) is 5.91 Å². The molecular weight excluding hydrogens is 414 g/mol. The van der Waals surface area contributed by atoms with Gasteiger partial charge in [-0.25, -0.2) is 4.68 Å². The summed E-state index contributed by atoms with van der Waals surface area (Å²) < 4.78 is 1.65. The van der Waals surface area contributed by atoms with Crippen molar-refractivity contribution in [3.63, 3.8) is 0 Å². The lowest BCUT2D eigenvalue weighted by Gasteiger charge is -2.33. The topological polar surface area (TPSA) is 81.0 Å². The molecule has 0 saturated carbocycles. The van der Waals surface area contributed by atoms with Crippen LogP contribution in [0.2, 0.25) is 0 Å². The number of ketones is 1. The van der Waals surface area contributed by atoms with Crippen LogP contribution in [-0.4, -0.2) is 42.8 Å². The number of aryl methyl sites for hydroxylation is 1. The number of Topliss-reactive ketones (excluding diaryl/α,β-unsaturated/α-hetero) is 1. The van der Waals surface area contributed by atoms with Gasteiger partial charge >= 0.3 is 0 Å². The molecule has 0 aliphatic rings. The van der Waals surface area contributed by atoms with Crippen LogP contribution < -0.4 is 0 Å². The van der Waals surface area contributed by atoms with Gasteiger partial charge in [0.25, 0.3) is 0 Å². The second-order valence-corrected chi connectivity index (χ2v) is 8.79. The standard InChI is InChI=1S/C26H33N5O2/c1-6-7-12-24(33)31(25(18(2)3)19(4)32)17-20-13-15-21(16-14-20)22-10-8-9-11-23(22)26-27-28-29-30(26)5/h8-11,13-16,18,25H,6-7,12,17H2,1-5H3/t25-/m0/s1. The van der Waals surface area contributed by atoms with Gasteiger partial charge in [0.15, 0.2) is 11.6 Å². The summed E-state index contributed by atoms with van der Waals surface area (Å²) in [4.78, 5) is 27.2. The Bertz CT molecular complexity index is 1090. The number of benzene rings is 2. The number of rotatable bonds is 10. The molecule has 2 aromatic carbocycles. The van der Waals surface area contributed by atoms with Gasteiger partial charge in [-0.15, -0.1) is 5.10 Å². The van der Waals surface area contributed by atoms with E-state index in [2.05, 4.69) is 22.4 Å². The highest BCUT2D eigenvalue weighted by molar-refractivity contribution is 5.88. The predicted molar refractivity (Wildman–Crippen MR) is 129 cm³/mol. The second kappa shape index (κ2) is 11.0. The SMILES string of the molecule is CCCCC(=O)N(Cc1ccc(-c2ccccc2-c2nnnn2C)cc1)[C@H](C(C)=O)C(C)C. The normalized spacial score (nSPS) is 12.1. The number of hydrogen-bond acceptors (Lipinski definition) is 5. The van der Waals surface area contributed by atoms with E-state index in [1.165, 1.54) is 0 Å². The highest BCUT2D eigenvalue weighted by atomic mass is 16.2. The first-order valence-corrected chi connectivity index (χ1v) is 11.5. The monoisotopic (exact) mass is 447 g/mol. The first-order chi connectivity index (χ1) is 15.8. The van der Waals surface area contributed by atoms with Crippen molar-refractivity contribution in [2.24, 2.45) is 13.0 Å². The van der Waals surface area contributed by atoms with Gasteiger partial charge in [-0.3, -0.25) is 9.59 Å². The Morgan fingerprint density at radius 3 is 2.24 bits per heavy atom. The Morgan fingerprint density at radius 1 is 1.03 bits per heavy atom. The fourth-order valence-corrected chi connectivity index (χ4v) is 4.24. The Hall–Kier alpha value is -3.35. The Balaban J connectivity index is 1.89. The number of carbonyl (C=O) groups excluding carboxylic acids is 2. The number of amides is 1. The zero-order valence-electron chi connectivity index (χ0n) is 20.2. The third-order valence-electron chi connectivity index (χ3n) is 5.85. The first kappa shape index (κ1) is 24.3. The Kier molecular flexibility index (Phi) is 8.09. The summed E-state index contributed by atoms with van der Waals surface area (Å²) in [5, 5.41) is 11.9. The summed E-state index contributed by atoms with van der Waals surface area (Å²) in [6.07, 6.45) is 2.23. The molecule has 0 aliphatic carbocycles. The molecule has 1 amide bonds. The van der Waals surface area contributed by atoms with Crippen molar-refractivity contribution in [2.45, 2.75) is 59.5 Å². The largest absolute Gasteiger partial charge is 0.328 e. The van der Waals surface area contributed by atoms with Gasteiger partial charge in [0.05, 0.1) is 6.04 Å². The van der Waals surface area contributed by atoms with Crippen LogP contribution in [0.4, 0.5) is 0 Å². The summed E-state index contributed by atoms with van der Waals surface area (Å²) in [6, 6.07) is 15.7. The average molecular weight is 448 g/mol. The summed E-state index contributed by atoms with van der Waals surface area (Å²) >= 11 is 0. The molecule has 0 saturated heterocycles. The van der Waals surface area contributed by atoms with Crippen LogP contribution in [0.25, 0.3) is 22.5 Å². The molecule has 0 fully saturated rings. The number of hydrogen-bond donors (Lipinski definition) is 0. The highest BCUT2D eigenvalue weighted by Gasteiger charge is 2.29. The van der Waals surface area contributed by atoms with Crippen LogP contribution in [0, 0.1) is 5.92 Å². The average Bonchev–Trinajstić information content (AvgIpc) is 3.22. The molecule has 0 N–H and O–H groups in total. The van der Waals surface area contributed by atoms with Crippen molar-refractivity contribution in [1.82, 2.24) is 25.1 Å². The molecule has 1 aromatic heterocycles. The third kappa shape index (κ3) is 5.72. The van der Waals surface area contributed by atoms with Gasteiger partial charge < -0.3 is 4.90 Å². The molecule has 0 spiro atoms. The predicted octanol–water partition coefficient (Wildman–Crippen LogP) is 4.68. The lowest BCUT2D eigenvalue weighted by molar-refractivity contribution is -0.141. The summed E-state index contributed by atoms with van der Waals surface area (Å²) in [5.74, 6) is 0.815. The molecule has 7 nitrogen and oxygen atoms in total. The van der Waals surface area contributed by atoms with E-state index in [0.717, 1.165) is 35.1 Å². The maximum absolute atomic E-state index is 13.0. The maximum Gasteiger partial charge on any atom is 0.223 e. The number of nitrogens with zero attached hydrogens (tertiary/aromatic N) is 5. The minimum Gasteiger partial charge on any atom is -0.328 e. The van der Waals surface area contributed by atoms with Crippen molar-refractivity contribution in [3.05, 3.63) is 54.1 Å². The minimum absolute atomic E-state index is 0.0256. The Labute approximate surface area is 195 Å². The molecular formula is C26H33N5O2. The minimum atomic E-state index is -0.418. The Morgan fingerprint density at radius 2 is 1.70 bits per heavy atom. The summed E-state index contributed by atoms with van der Waals surface area (Å²) in [5.41, 5.74) is 4.01. The molecule has 0 aliphatic heterocycles. The van der Waals surface area contributed by atoms with Gasteiger partial charge in [0.1, 0.15) is 0 Å². The van der Waals surface area contributed by atoms with Crippen molar-refractivity contribution >= 4 is 11.7 Å². The fourth-order valence-electron chi connectivity index (χ4n) is 4.24. The first-order valence-electron chi connectivity index (χ1n) is 11.5. The van der Waals surface area contributed by atoms with Gasteiger partial charge in [-0.1, -0.05) is 75.7 Å². The number of unbranched alkanes of at least 4 members (excludes halogenated alkanes) is 1.